The number of rotatable bonds is 3. The lowest BCUT2D eigenvalue weighted by molar-refractivity contribution is 0.107. The molecule has 1 unspecified atom stereocenters. The molecule has 1 fully saturated rings. The molecule has 1 aliphatic rings. The van der Waals surface area contributed by atoms with E-state index in [4.69, 9.17) is 4.74 Å². The summed E-state index contributed by atoms with van der Waals surface area (Å²) in [4.78, 5) is 0. The van der Waals surface area contributed by atoms with Crippen LogP contribution in [0.3, 0.4) is 0 Å². The zero-order valence-corrected chi connectivity index (χ0v) is 6.89. The Morgan fingerprint density at radius 2 is 2.40 bits per heavy atom. The number of hydrogen-bond acceptors (Lipinski definition) is 2. The molecule has 0 aromatic heterocycles. The molecule has 1 N–H and O–H groups in total. The van der Waals surface area contributed by atoms with E-state index in [1.807, 2.05) is 0 Å². The van der Waals surface area contributed by atoms with Crippen molar-refractivity contribution in [2.45, 2.75) is 26.4 Å². The lowest BCUT2D eigenvalue weighted by Gasteiger charge is -2.08. The van der Waals surface area contributed by atoms with Crippen LogP contribution in [0.4, 0.5) is 0 Å². The third-order valence-corrected chi connectivity index (χ3v) is 1.90. The van der Waals surface area contributed by atoms with Gasteiger partial charge in [-0.25, -0.2) is 0 Å². The largest absolute Gasteiger partial charge is 0.377 e. The summed E-state index contributed by atoms with van der Waals surface area (Å²) < 4.78 is 5.50. The van der Waals surface area contributed by atoms with Crippen molar-refractivity contribution in [1.82, 2.24) is 5.32 Å². The van der Waals surface area contributed by atoms with E-state index in [0.717, 1.165) is 25.6 Å². The fraction of sp³-hybridized carbons (Fsp3) is 1.00. The van der Waals surface area contributed by atoms with Gasteiger partial charge in [0.15, 0.2) is 0 Å². The van der Waals surface area contributed by atoms with Gasteiger partial charge in [-0.2, -0.15) is 0 Å². The van der Waals surface area contributed by atoms with Crippen LogP contribution in [0, 0.1) is 5.92 Å². The number of hydrogen-bond donors (Lipinski definition) is 1. The molecule has 0 amide bonds. The second-order valence-corrected chi connectivity index (χ2v) is 3.10. The first-order valence-electron chi connectivity index (χ1n) is 4.15. The van der Waals surface area contributed by atoms with Gasteiger partial charge in [0, 0.05) is 13.2 Å². The Balaban J connectivity index is 2.06. The van der Waals surface area contributed by atoms with Gasteiger partial charge < -0.3 is 10.1 Å². The molecule has 2 heteroatoms. The standard InChI is InChI=1S/C8H17NO/c1-3-9-5-8-4-7(2)6-10-8/h7-9H,3-6H2,1-2H3/t7-,8?/m0/s1. The summed E-state index contributed by atoms with van der Waals surface area (Å²) in [6, 6.07) is 0. The van der Waals surface area contributed by atoms with Crippen molar-refractivity contribution < 1.29 is 4.74 Å². The fourth-order valence-corrected chi connectivity index (χ4v) is 1.33. The van der Waals surface area contributed by atoms with Gasteiger partial charge >= 0.3 is 0 Å². The molecule has 0 spiro atoms. The topological polar surface area (TPSA) is 21.3 Å². The first kappa shape index (κ1) is 8.02. The van der Waals surface area contributed by atoms with Crippen molar-refractivity contribution in [3.05, 3.63) is 0 Å². The molecule has 60 valence electrons. The van der Waals surface area contributed by atoms with E-state index in [1.165, 1.54) is 6.42 Å². The van der Waals surface area contributed by atoms with E-state index in [-0.39, 0.29) is 0 Å². The minimum atomic E-state index is 0.481. The van der Waals surface area contributed by atoms with Crippen molar-refractivity contribution in [2.75, 3.05) is 19.7 Å². The van der Waals surface area contributed by atoms with Gasteiger partial charge in [0.2, 0.25) is 0 Å². The summed E-state index contributed by atoms with van der Waals surface area (Å²) in [6.45, 7) is 7.40. The molecule has 1 rings (SSSR count). The van der Waals surface area contributed by atoms with E-state index in [1.54, 1.807) is 0 Å². The predicted octanol–water partition coefficient (Wildman–Crippen LogP) is 1.02. The monoisotopic (exact) mass is 143 g/mol. The van der Waals surface area contributed by atoms with Gasteiger partial charge in [0.05, 0.1) is 6.10 Å². The quantitative estimate of drug-likeness (QED) is 0.637. The highest BCUT2D eigenvalue weighted by atomic mass is 16.5. The normalized spacial score (nSPS) is 33.0. The summed E-state index contributed by atoms with van der Waals surface area (Å²) in [7, 11) is 0. The smallest absolute Gasteiger partial charge is 0.0702 e. The molecule has 0 aromatic carbocycles. The maximum atomic E-state index is 5.50. The van der Waals surface area contributed by atoms with Crippen molar-refractivity contribution in [2.24, 2.45) is 5.92 Å². The first-order valence-corrected chi connectivity index (χ1v) is 4.15. The molecule has 1 aliphatic heterocycles. The fourth-order valence-electron chi connectivity index (χ4n) is 1.33. The number of likely N-dealkylation sites (N-methyl/N-ethyl adjacent to an activating group) is 1. The molecule has 1 heterocycles. The van der Waals surface area contributed by atoms with E-state index < -0.39 is 0 Å². The maximum Gasteiger partial charge on any atom is 0.0702 e. The maximum absolute atomic E-state index is 5.50. The highest BCUT2D eigenvalue weighted by molar-refractivity contribution is 4.71. The second kappa shape index (κ2) is 3.94. The van der Waals surface area contributed by atoms with Crippen molar-refractivity contribution >= 4 is 0 Å². The highest BCUT2D eigenvalue weighted by Crippen LogP contribution is 2.17. The highest BCUT2D eigenvalue weighted by Gasteiger charge is 2.20. The van der Waals surface area contributed by atoms with Gasteiger partial charge in [-0.15, -0.1) is 0 Å². The Hall–Kier alpha value is -0.0800. The first-order chi connectivity index (χ1) is 4.83. The van der Waals surface area contributed by atoms with E-state index >= 15 is 0 Å². The Bertz CT molecular complexity index is 95.3. The van der Waals surface area contributed by atoms with Crippen LogP contribution >= 0.6 is 0 Å². The minimum Gasteiger partial charge on any atom is -0.377 e. The van der Waals surface area contributed by atoms with Crippen LogP contribution in [-0.2, 0) is 4.74 Å². The zero-order chi connectivity index (χ0) is 7.40. The summed E-state index contributed by atoms with van der Waals surface area (Å²) >= 11 is 0. The van der Waals surface area contributed by atoms with Gasteiger partial charge in [-0.1, -0.05) is 13.8 Å². The summed E-state index contributed by atoms with van der Waals surface area (Å²) in [6.07, 6.45) is 1.71. The molecule has 10 heavy (non-hydrogen) atoms. The summed E-state index contributed by atoms with van der Waals surface area (Å²) in [5.41, 5.74) is 0. The van der Waals surface area contributed by atoms with E-state index in [0.29, 0.717) is 6.10 Å². The average Bonchev–Trinajstić information content (AvgIpc) is 2.31. The van der Waals surface area contributed by atoms with Crippen LogP contribution in [0.25, 0.3) is 0 Å². The molecule has 1 saturated heterocycles. The van der Waals surface area contributed by atoms with Crippen LogP contribution in [0.1, 0.15) is 20.3 Å². The molecular formula is C8H17NO. The van der Waals surface area contributed by atoms with E-state index in [9.17, 15) is 0 Å². The second-order valence-electron chi connectivity index (χ2n) is 3.10. The SMILES string of the molecule is CCNCC1C[C@H](C)CO1. The Kier molecular flexibility index (Phi) is 3.16. The predicted molar refractivity (Wildman–Crippen MR) is 42.1 cm³/mol. The number of nitrogens with one attached hydrogen (secondary N) is 1. The molecule has 0 aromatic rings. The van der Waals surface area contributed by atoms with Gasteiger partial charge in [0.1, 0.15) is 0 Å². The van der Waals surface area contributed by atoms with Crippen LogP contribution in [0.15, 0.2) is 0 Å². The molecule has 0 radical (unpaired) electrons. The molecular weight excluding hydrogens is 126 g/mol. The minimum absolute atomic E-state index is 0.481. The van der Waals surface area contributed by atoms with Crippen LogP contribution in [-0.4, -0.2) is 25.8 Å². The Morgan fingerprint density at radius 1 is 1.60 bits per heavy atom. The third kappa shape index (κ3) is 2.27. The molecule has 2 nitrogen and oxygen atoms in total. The zero-order valence-electron chi connectivity index (χ0n) is 6.89. The van der Waals surface area contributed by atoms with Crippen molar-refractivity contribution in [1.29, 1.82) is 0 Å². The molecule has 0 saturated carbocycles. The van der Waals surface area contributed by atoms with Crippen LogP contribution < -0.4 is 5.32 Å². The summed E-state index contributed by atoms with van der Waals surface area (Å²) in [5, 5.41) is 3.29. The van der Waals surface area contributed by atoms with Crippen LogP contribution in [0.2, 0.25) is 0 Å². The van der Waals surface area contributed by atoms with E-state index in [2.05, 4.69) is 19.2 Å². The third-order valence-electron chi connectivity index (χ3n) is 1.90. The van der Waals surface area contributed by atoms with Gasteiger partial charge in [0.25, 0.3) is 0 Å². The van der Waals surface area contributed by atoms with Crippen molar-refractivity contribution in [3.8, 4) is 0 Å². The Morgan fingerprint density at radius 3 is 2.90 bits per heavy atom. The van der Waals surface area contributed by atoms with Gasteiger partial charge in [-0.05, 0) is 18.9 Å². The summed E-state index contributed by atoms with van der Waals surface area (Å²) in [5.74, 6) is 0.767. The molecule has 0 aliphatic carbocycles. The average molecular weight is 143 g/mol. The number of ether oxygens (including phenoxy) is 1. The Labute approximate surface area is 63.0 Å². The lowest BCUT2D eigenvalue weighted by atomic mass is 10.1. The van der Waals surface area contributed by atoms with Gasteiger partial charge in [-0.3, -0.25) is 0 Å². The molecule has 0 bridgehead atoms. The van der Waals surface area contributed by atoms with Crippen LogP contribution in [0.5, 0.6) is 0 Å². The lowest BCUT2D eigenvalue weighted by Crippen LogP contribution is -2.25. The molecule has 2 atom stereocenters. The van der Waals surface area contributed by atoms with Crippen molar-refractivity contribution in [3.63, 3.8) is 0 Å².